The molecule has 0 spiro atoms. The number of rotatable bonds is 3. The Bertz CT molecular complexity index is 755. The molecule has 0 aliphatic carbocycles. The first kappa shape index (κ1) is 12.2. The third-order valence-corrected chi connectivity index (χ3v) is 2.81. The zero-order valence-electron chi connectivity index (χ0n) is 10.3. The van der Waals surface area contributed by atoms with Gasteiger partial charge in [-0.3, -0.25) is 4.79 Å². The van der Waals surface area contributed by atoms with Crippen LogP contribution in [0.25, 0.3) is 17.1 Å². The van der Waals surface area contributed by atoms with Gasteiger partial charge in [-0.2, -0.15) is 0 Å². The molecule has 5 nitrogen and oxygen atoms in total. The summed E-state index contributed by atoms with van der Waals surface area (Å²) in [6.45, 7) is 0. The fraction of sp³-hybridized carbons (Fsp3) is 0. The Kier molecular flexibility index (Phi) is 3.04. The van der Waals surface area contributed by atoms with Crippen LogP contribution in [0.2, 0.25) is 0 Å². The van der Waals surface area contributed by atoms with Crippen LogP contribution in [0.1, 0.15) is 10.4 Å². The molecule has 0 N–H and O–H groups in total. The van der Waals surface area contributed by atoms with Gasteiger partial charge in [0.05, 0.1) is 5.56 Å². The van der Waals surface area contributed by atoms with Gasteiger partial charge in [-0.15, -0.1) is 15.0 Å². The summed E-state index contributed by atoms with van der Waals surface area (Å²) in [6.07, 6.45) is 0.441. The van der Waals surface area contributed by atoms with E-state index in [9.17, 15) is 9.18 Å². The van der Waals surface area contributed by atoms with Crippen molar-refractivity contribution in [2.24, 2.45) is 0 Å². The summed E-state index contributed by atoms with van der Waals surface area (Å²) < 4.78 is 13.5. The molecule has 0 saturated heterocycles. The third kappa shape index (κ3) is 2.07. The van der Waals surface area contributed by atoms with Crippen LogP contribution in [0.4, 0.5) is 4.39 Å². The second-order valence-corrected chi connectivity index (χ2v) is 4.06. The van der Waals surface area contributed by atoms with Crippen LogP contribution in [0.5, 0.6) is 0 Å². The number of tetrazole rings is 1. The maximum Gasteiger partial charge on any atom is 0.205 e. The Labute approximate surface area is 113 Å². The standard InChI is InChI=1S/C14H9FN4O/c15-12-7-4-8-13(11(12)9-20)19-17-14(16-18-19)10-5-2-1-3-6-10/h1-9H. The SMILES string of the molecule is O=Cc1c(F)cccc1-n1nnc(-c2ccccc2)n1. The Hall–Kier alpha value is -2.89. The van der Waals surface area contributed by atoms with Crippen LogP contribution in [0, 0.1) is 5.82 Å². The number of aldehydes is 1. The van der Waals surface area contributed by atoms with Crippen molar-refractivity contribution in [2.45, 2.75) is 0 Å². The number of carbonyl (C=O) groups excluding carboxylic acids is 1. The molecule has 0 aliphatic heterocycles. The van der Waals surface area contributed by atoms with Crippen molar-refractivity contribution in [3.8, 4) is 17.1 Å². The summed E-state index contributed by atoms with van der Waals surface area (Å²) in [5, 5.41) is 11.9. The van der Waals surface area contributed by atoms with E-state index in [0.29, 0.717) is 12.1 Å². The molecule has 20 heavy (non-hydrogen) atoms. The van der Waals surface area contributed by atoms with E-state index in [-0.39, 0.29) is 11.3 Å². The maximum atomic E-state index is 13.5. The van der Waals surface area contributed by atoms with E-state index >= 15 is 0 Å². The topological polar surface area (TPSA) is 60.7 Å². The predicted molar refractivity (Wildman–Crippen MR) is 69.9 cm³/mol. The normalized spacial score (nSPS) is 10.4. The molecule has 0 atom stereocenters. The summed E-state index contributed by atoms with van der Waals surface area (Å²) in [7, 11) is 0. The van der Waals surface area contributed by atoms with Crippen molar-refractivity contribution < 1.29 is 9.18 Å². The highest BCUT2D eigenvalue weighted by Crippen LogP contribution is 2.17. The highest BCUT2D eigenvalue weighted by atomic mass is 19.1. The molecule has 98 valence electrons. The van der Waals surface area contributed by atoms with Gasteiger partial charge < -0.3 is 0 Å². The van der Waals surface area contributed by atoms with Gasteiger partial charge >= 0.3 is 0 Å². The second kappa shape index (κ2) is 5.00. The summed E-state index contributed by atoms with van der Waals surface area (Å²) >= 11 is 0. The summed E-state index contributed by atoms with van der Waals surface area (Å²) in [4.78, 5) is 12.1. The third-order valence-electron chi connectivity index (χ3n) is 2.81. The highest BCUT2D eigenvalue weighted by Gasteiger charge is 2.13. The minimum Gasteiger partial charge on any atom is -0.298 e. The molecule has 0 radical (unpaired) electrons. The molecule has 3 aromatic rings. The molecular weight excluding hydrogens is 259 g/mol. The minimum atomic E-state index is -0.615. The van der Waals surface area contributed by atoms with E-state index in [1.54, 1.807) is 6.07 Å². The van der Waals surface area contributed by atoms with Crippen LogP contribution < -0.4 is 0 Å². The zero-order valence-corrected chi connectivity index (χ0v) is 10.3. The van der Waals surface area contributed by atoms with Gasteiger partial charge in [0.2, 0.25) is 5.82 Å². The van der Waals surface area contributed by atoms with Crippen LogP contribution in [-0.4, -0.2) is 26.5 Å². The van der Waals surface area contributed by atoms with Gasteiger partial charge in [-0.05, 0) is 17.3 Å². The summed E-state index contributed by atoms with van der Waals surface area (Å²) in [5.41, 5.74) is 0.960. The first-order valence-corrected chi connectivity index (χ1v) is 5.89. The number of aromatic nitrogens is 4. The van der Waals surface area contributed by atoms with E-state index in [0.717, 1.165) is 10.4 Å². The molecule has 0 aliphatic rings. The quantitative estimate of drug-likeness (QED) is 0.684. The first-order valence-electron chi connectivity index (χ1n) is 5.89. The van der Waals surface area contributed by atoms with Crippen molar-refractivity contribution in [3.05, 3.63) is 59.9 Å². The lowest BCUT2D eigenvalue weighted by Gasteiger charge is -2.02. The average molecular weight is 268 g/mol. The number of halogens is 1. The lowest BCUT2D eigenvalue weighted by atomic mass is 10.2. The van der Waals surface area contributed by atoms with E-state index in [4.69, 9.17) is 0 Å². The molecule has 2 aromatic carbocycles. The van der Waals surface area contributed by atoms with Gasteiger partial charge in [0.15, 0.2) is 6.29 Å². The molecule has 0 fully saturated rings. The number of nitrogens with zero attached hydrogens (tertiary/aromatic N) is 4. The second-order valence-electron chi connectivity index (χ2n) is 4.06. The van der Waals surface area contributed by atoms with E-state index in [1.807, 2.05) is 30.3 Å². The van der Waals surface area contributed by atoms with Gasteiger partial charge in [0, 0.05) is 5.56 Å². The molecule has 0 bridgehead atoms. The number of hydrogen-bond acceptors (Lipinski definition) is 4. The van der Waals surface area contributed by atoms with Gasteiger partial charge in [-0.1, -0.05) is 36.4 Å². The van der Waals surface area contributed by atoms with Crippen LogP contribution in [0.15, 0.2) is 48.5 Å². The van der Waals surface area contributed by atoms with E-state index < -0.39 is 5.82 Å². The molecule has 1 heterocycles. The predicted octanol–water partition coefficient (Wildman–Crippen LogP) is 2.28. The van der Waals surface area contributed by atoms with Gasteiger partial charge in [0.1, 0.15) is 11.5 Å². The van der Waals surface area contributed by atoms with Crippen molar-refractivity contribution in [1.82, 2.24) is 20.2 Å². The number of benzene rings is 2. The number of hydrogen-bond donors (Lipinski definition) is 0. The smallest absolute Gasteiger partial charge is 0.205 e. The fourth-order valence-electron chi connectivity index (χ4n) is 1.84. The van der Waals surface area contributed by atoms with Gasteiger partial charge in [-0.25, -0.2) is 4.39 Å². The Morgan fingerprint density at radius 1 is 1.05 bits per heavy atom. The summed E-state index contributed by atoms with van der Waals surface area (Å²) in [6, 6.07) is 13.5. The molecule has 0 unspecified atom stereocenters. The van der Waals surface area contributed by atoms with E-state index in [1.165, 1.54) is 12.1 Å². The highest BCUT2D eigenvalue weighted by molar-refractivity contribution is 5.81. The van der Waals surface area contributed by atoms with Crippen LogP contribution >= 0.6 is 0 Å². The maximum absolute atomic E-state index is 13.5. The summed E-state index contributed by atoms with van der Waals surface area (Å²) in [5.74, 6) is -0.206. The number of carbonyl (C=O) groups is 1. The van der Waals surface area contributed by atoms with Crippen molar-refractivity contribution in [1.29, 1.82) is 0 Å². The molecule has 0 amide bonds. The lowest BCUT2D eigenvalue weighted by molar-refractivity contribution is 0.111. The molecule has 1 aromatic heterocycles. The molecule has 6 heteroatoms. The lowest BCUT2D eigenvalue weighted by Crippen LogP contribution is -2.05. The molecule has 0 saturated carbocycles. The monoisotopic (exact) mass is 268 g/mol. The Morgan fingerprint density at radius 2 is 1.85 bits per heavy atom. The molecule has 3 rings (SSSR count). The van der Waals surface area contributed by atoms with Crippen molar-refractivity contribution in [3.63, 3.8) is 0 Å². The Morgan fingerprint density at radius 3 is 2.60 bits per heavy atom. The Balaban J connectivity index is 2.07. The zero-order chi connectivity index (χ0) is 13.9. The molecular formula is C14H9FN4O. The van der Waals surface area contributed by atoms with Crippen molar-refractivity contribution in [2.75, 3.05) is 0 Å². The van der Waals surface area contributed by atoms with Crippen LogP contribution in [-0.2, 0) is 0 Å². The minimum absolute atomic E-state index is 0.0930. The fourth-order valence-corrected chi connectivity index (χ4v) is 1.84. The largest absolute Gasteiger partial charge is 0.298 e. The van der Waals surface area contributed by atoms with Gasteiger partial charge in [0.25, 0.3) is 0 Å². The van der Waals surface area contributed by atoms with E-state index in [2.05, 4.69) is 15.4 Å². The average Bonchev–Trinajstić information content (AvgIpc) is 2.97. The first-order chi connectivity index (χ1) is 9.79. The van der Waals surface area contributed by atoms with Crippen LogP contribution in [0.3, 0.4) is 0 Å². The van der Waals surface area contributed by atoms with Crippen molar-refractivity contribution >= 4 is 6.29 Å².